The lowest BCUT2D eigenvalue weighted by Crippen LogP contribution is -2.42. The number of ether oxygens (including phenoxy) is 2. The Balaban J connectivity index is 1.59. The van der Waals surface area contributed by atoms with Crippen molar-refractivity contribution in [2.24, 2.45) is 5.92 Å². The van der Waals surface area contributed by atoms with E-state index < -0.39 is 0 Å². The first-order valence-corrected chi connectivity index (χ1v) is 11.0. The molecule has 1 aliphatic heterocycles. The number of methoxy groups -OCH3 is 2. The molecule has 2 aliphatic rings. The molecule has 0 radical (unpaired) electrons. The minimum absolute atomic E-state index is 0.110. The van der Waals surface area contributed by atoms with Crippen LogP contribution in [-0.2, 0) is 17.8 Å². The minimum Gasteiger partial charge on any atom is -0.493 e. The van der Waals surface area contributed by atoms with Gasteiger partial charge in [-0.1, -0.05) is 43.2 Å². The van der Waals surface area contributed by atoms with Crippen molar-refractivity contribution in [3.05, 3.63) is 59.2 Å². The van der Waals surface area contributed by atoms with E-state index in [1.807, 2.05) is 6.07 Å². The Morgan fingerprint density at radius 3 is 2.47 bits per heavy atom. The number of nitrogens with zero attached hydrogens (tertiary/aromatic N) is 1. The predicted molar refractivity (Wildman–Crippen MR) is 118 cm³/mol. The maximum absolute atomic E-state index is 12.7. The van der Waals surface area contributed by atoms with Gasteiger partial charge in [0.15, 0.2) is 11.5 Å². The quantitative estimate of drug-likeness (QED) is 0.749. The van der Waals surface area contributed by atoms with E-state index in [9.17, 15) is 4.79 Å². The Morgan fingerprint density at radius 1 is 1.07 bits per heavy atom. The summed E-state index contributed by atoms with van der Waals surface area (Å²) in [6, 6.07) is 14.8. The lowest BCUT2D eigenvalue weighted by molar-refractivity contribution is -0.125. The van der Waals surface area contributed by atoms with Gasteiger partial charge in [0.1, 0.15) is 0 Å². The number of carbonyl (C=O) groups is 1. The summed E-state index contributed by atoms with van der Waals surface area (Å²) in [6.45, 7) is 2.42. The average Bonchev–Trinajstić information content (AvgIpc) is 3.33. The molecule has 0 unspecified atom stereocenters. The zero-order valence-corrected chi connectivity index (χ0v) is 18.0. The second-order valence-electron chi connectivity index (χ2n) is 8.35. The van der Waals surface area contributed by atoms with Gasteiger partial charge in [-0.15, -0.1) is 0 Å². The Hall–Kier alpha value is -2.53. The number of hydrogen-bond acceptors (Lipinski definition) is 4. The van der Waals surface area contributed by atoms with Crippen LogP contribution in [0.2, 0.25) is 0 Å². The van der Waals surface area contributed by atoms with Gasteiger partial charge in [0, 0.05) is 25.6 Å². The van der Waals surface area contributed by atoms with E-state index in [0.29, 0.717) is 6.54 Å². The molecule has 1 N–H and O–H groups in total. The van der Waals surface area contributed by atoms with Gasteiger partial charge in [-0.05, 0) is 48.1 Å². The van der Waals surface area contributed by atoms with Crippen molar-refractivity contribution < 1.29 is 14.3 Å². The molecule has 1 atom stereocenters. The van der Waals surface area contributed by atoms with Crippen molar-refractivity contribution >= 4 is 5.91 Å². The molecule has 2 aromatic rings. The molecule has 160 valence electrons. The summed E-state index contributed by atoms with van der Waals surface area (Å²) in [5.74, 6) is 1.90. The molecular formula is C25H32N2O3. The monoisotopic (exact) mass is 408 g/mol. The highest BCUT2D eigenvalue weighted by atomic mass is 16.5. The van der Waals surface area contributed by atoms with E-state index in [1.165, 1.54) is 29.5 Å². The van der Waals surface area contributed by atoms with Gasteiger partial charge in [-0.25, -0.2) is 0 Å². The number of carbonyl (C=O) groups excluding carboxylic acids is 1. The average molecular weight is 409 g/mol. The van der Waals surface area contributed by atoms with Crippen LogP contribution in [0, 0.1) is 5.92 Å². The smallest absolute Gasteiger partial charge is 0.223 e. The van der Waals surface area contributed by atoms with Gasteiger partial charge in [-0.2, -0.15) is 0 Å². The number of fused-ring (bicyclic) bond motifs is 1. The highest BCUT2D eigenvalue weighted by Gasteiger charge is 2.31. The highest BCUT2D eigenvalue weighted by molar-refractivity contribution is 5.78. The van der Waals surface area contributed by atoms with Crippen molar-refractivity contribution in [1.29, 1.82) is 0 Å². The summed E-state index contributed by atoms with van der Waals surface area (Å²) in [6.07, 6.45) is 5.33. The molecule has 1 amide bonds. The fourth-order valence-electron chi connectivity index (χ4n) is 4.86. The number of hydrogen-bond donors (Lipinski definition) is 1. The SMILES string of the molecule is COc1cc2c(cc1OC)[C@@H](CNC(=O)C1CCCC1)N(Cc1ccccc1)CC2. The first-order chi connectivity index (χ1) is 14.7. The van der Waals surface area contributed by atoms with E-state index in [2.05, 4.69) is 46.6 Å². The largest absolute Gasteiger partial charge is 0.493 e. The second kappa shape index (κ2) is 9.52. The summed E-state index contributed by atoms with van der Waals surface area (Å²) in [5.41, 5.74) is 3.78. The summed E-state index contributed by atoms with van der Waals surface area (Å²) in [7, 11) is 3.35. The third-order valence-electron chi connectivity index (χ3n) is 6.54. The van der Waals surface area contributed by atoms with Gasteiger partial charge in [-0.3, -0.25) is 9.69 Å². The molecular weight excluding hydrogens is 376 g/mol. The Labute approximate surface area is 179 Å². The number of benzene rings is 2. The van der Waals surface area contributed by atoms with Gasteiger partial charge < -0.3 is 14.8 Å². The minimum atomic E-state index is 0.110. The molecule has 30 heavy (non-hydrogen) atoms. The summed E-state index contributed by atoms with van der Waals surface area (Å²) < 4.78 is 11.1. The van der Waals surface area contributed by atoms with Crippen LogP contribution in [0.1, 0.15) is 48.4 Å². The number of nitrogens with one attached hydrogen (secondary N) is 1. The van der Waals surface area contributed by atoms with Crippen molar-refractivity contribution in [2.45, 2.75) is 44.7 Å². The zero-order chi connectivity index (χ0) is 20.9. The van der Waals surface area contributed by atoms with E-state index in [1.54, 1.807) is 14.2 Å². The molecule has 0 bridgehead atoms. The second-order valence-corrected chi connectivity index (χ2v) is 8.35. The molecule has 1 aliphatic carbocycles. The van der Waals surface area contributed by atoms with Crippen LogP contribution in [0.3, 0.4) is 0 Å². The molecule has 2 aromatic carbocycles. The van der Waals surface area contributed by atoms with Crippen molar-refractivity contribution in [3.8, 4) is 11.5 Å². The number of amides is 1. The molecule has 5 heteroatoms. The van der Waals surface area contributed by atoms with Crippen LogP contribution in [0.4, 0.5) is 0 Å². The topological polar surface area (TPSA) is 50.8 Å². The van der Waals surface area contributed by atoms with Gasteiger partial charge >= 0.3 is 0 Å². The van der Waals surface area contributed by atoms with E-state index >= 15 is 0 Å². The van der Waals surface area contributed by atoms with E-state index in [-0.39, 0.29) is 17.9 Å². The van der Waals surface area contributed by atoms with Gasteiger partial charge in [0.2, 0.25) is 5.91 Å². The lowest BCUT2D eigenvalue weighted by Gasteiger charge is -2.38. The van der Waals surface area contributed by atoms with Crippen LogP contribution >= 0.6 is 0 Å². The molecule has 1 fully saturated rings. The van der Waals surface area contributed by atoms with Crippen LogP contribution in [0.25, 0.3) is 0 Å². The molecule has 0 saturated heterocycles. The predicted octanol–water partition coefficient (Wildman–Crippen LogP) is 4.11. The first-order valence-electron chi connectivity index (χ1n) is 11.0. The van der Waals surface area contributed by atoms with Crippen LogP contribution in [-0.4, -0.2) is 38.1 Å². The maximum atomic E-state index is 12.7. The Bertz CT molecular complexity index is 862. The third-order valence-corrected chi connectivity index (χ3v) is 6.54. The normalized spacial score (nSPS) is 19.3. The fraction of sp³-hybridized carbons (Fsp3) is 0.480. The van der Waals surface area contributed by atoms with Gasteiger partial charge in [0.25, 0.3) is 0 Å². The maximum Gasteiger partial charge on any atom is 0.223 e. The lowest BCUT2D eigenvalue weighted by atomic mass is 9.91. The molecule has 1 saturated carbocycles. The van der Waals surface area contributed by atoms with Crippen molar-refractivity contribution in [1.82, 2.24) is 10.2 Å². The first kappa shape index (κ1) is 20.7. The van der Waals surface area contributed by atoms with Crippen LogP contribution < -0.4 is 14.8 Å². The Morgan fingerprint density at radius 2 is 1.77 bits per heavy atom. The summed E-state index contributed by atoms with van der Waals surface area (Å²) in [5, 5.41) is 3.26. The molecule has 1 heterocycles. The molecule has 4 rings (SSSR count). The summed E-state index contributed by atoms with van der Waals surface area (Å²) in [4.78, 5) is 15.2. The highest BCUT2D eigenvalue weighted by Crippen LogP contribution is 2.38. The standard InChI is InChI=1S/C25H32N2O3/c1-29-23-14-20-12-13-27(17-18-8-4-3-5-9-18)22(21(20)15-24(23)30-2)16-26-25(28)19-10-6-7-11-19/h3-5,8-9,14-15,19,22H,6-7,10-13,16-17H2,1-2H3,(H,26,28)/t22-/m1/s1. The molecule has 0 aromatic heterocycles. The Kier molecular flexibility index (Phi) is 6.58. The zero-order valence-electron chi connectivity index (χ0n) is 18.0. The van der Waals surface area contributed by atoms with Crippen LogP contribution in [0.5, 0.6) is 11.5 Å². The fourth-order valence-corrected chi connectivity index (χ4v) is 4.86. The van der Waals surface area contributed by atoms with Gasteiger partial charge in [0.05, 0.1) is 20.3 Å². The van der Waals surface area contributed by atoms with Crippen molar-refractivity contribution in [3.63, 3.8) is 0 Å². The van der Waals surface area contributed by atoms with E-state index in [0.717, 1.165) is 43.9 Å². The third kappa shape index (κ3) is 4.46. The molecule has 0 spiro atoms. The molecule has 5 nitrogen and oxygen atoms in total. The summed E-state index contributed by atoms with van der Waals surface area (Å²) >= 11 is 0. The van der Waals surface area contributed by atoms with Crippen molar-refractivity contribution in [2.75, 3.05) is 27.3 Å². The number of rotatable bonds is 7. The van der Waals surface area contributed by atoms with E-state index in [4.69, 9.17) is 9.47 Å². The van der Waals surface area contributed by atoms with Crippen LogP contribution in [0.15, 0.2) is 42.5 Å².